The molecule has 0 spiro atoms. The molecule has 62 heavy (non-hydrogen) atoms. The Morgan fingerprint density at radius 2 is 0.984 bits per heavy atom. The first-order valence-corrected chi connectivity index (χ1v) is 21.9. The molecule has 12 rings (SSSR count). The van der Waals surface area contributed by atoms with Crippen molar-refractivity contribution >= 4 is 28.4 Å². The molecule has 8 aromatic carbocycles. The van der Waals surface area contributed by atoms with E-state index in [1.807, 2.05) is 0 Å². The molecule has 9 aromatic rings. The van der Waals surface area contributed by atoms with Crippen LogP contribution in [0, 0.1) is 0 Å². The lowest BCUT2D eigenvalue weighted by molar-refractivity contribution is 0.745. The topological polar surface area (TPSA) is 8.17 Å². The van der Waals surface area contributed by atoms with Crippen LogP contribution >= 0.6 is 0 Å². The summed E-state index contributed by atoms with van der Waals surface area (Å²) in [5, 5.41) is 1.32. The lowest BCUT2D eigenvalue weighted by Gasteiger charge is -2.31. The summed E-state index contributed by atoms with van der Waals surface area (Å²) in [6.07, 6.45) is 16.0. The molecule has 0 bridgehead atoms. The second kappa shape index (κ2) is 15.1. The van der Waals surface area contributed by atoms with Crippen molar-refractivity contribution in [3.63, 3.8) is 0 Å². The van der Waals surface area contributed by atoms with Crippen LogP contribution in [-0.4, -0.2) is 10.6 Å². The Morgan fingerprint density at radius 3 is 1.56 bits per heavy atom. The minimum absolute atomic E-state index is 0.157. The van der Waals surface area contributed by atoms with E-state index in [2.05, 4.69) is 240 Å². The van der Waals surface area contributed by atoms with E-state index in [9.17, 15) is 0 Å². The van der Waals surface area contributed by atoms with Crippen LogP contribution in [-0.2, 0) is 6.42 Å². The van der Waals surface area contributed by atoms with Gasteiger partial charge in [0.05, 0.1) is 17.2 Å². The van der Waals surface area contributed by atoms with Gasteiger partial charge < -0.3 is 9.47 Å². The molecule has 0 radical (unpaired) electrons. The lowest BCUT2D eigenvalue weighted by Crippen LogP contribution is -2.28. The third-order valence-corrected chi connectivity index (χ3v) is 13.1. The number of nitrogens with zero attached hydrogens (tertiary/aromatic N) is 2. The number of hydrogen-bond donors (Lipinski definition) is 0. The van der Waals surface area contributed by atoms with Crippen molar-refractivity contribution in [3.05, 3.63) is 241 Å². The van der Waals surface area contributed by atoms with Crippen LogP contribution in [0.3, 0.4) is 0 Å². The fourth-order valence-corrected chi connectivity index (χ4v) is 10.3. The van der Waals surface area contributed by atoms with Gasteiger partial charge in [0.2, 0.25) is 0 Å². The average Bonchev–Trinajstić information content (AvgIpc) is 3.88. The Morgan fingerprint density at radius 1 is 0.435 bits per heavy atom. The Balaban J connectivity index is 1.05. The van der Waals surface area contributed by atoms with Crippen molar-refractivity contribution in [1.82, 2.24) is 4.57 Å². The molecule has 2 heterocycles. The first-order chi connectivity index (χ1) is 30.7. The summed E-state index contributed by atoms with van der Waals surface area (Å²) in [5.41, 5.74) is 21.2. The zero-order chi connectivity index (χ0) is 41.0. The molecule has 1 aromatic heterocycles. The third kappa shape index (κ3) is 6.18. The molecule has 0 fully saturated rings. The summed E-state index contributed by atoms with van der Waals surface area (Å²) in [6.45, 7) is 0. The van der Waals surface area contributed by atoms with E-state index in [1.54, 1.807) is 0 Å². The molecule has 0 saturated carbocycles. The normalized spacial score (nSPS) is 16.0. The van der Waals surface area contributed by atoms with E-state index < -0.39 is 0 Å². The summed E-state index contributed by atoms with van der Waals surface area (Å²) in [7, 11) is 0. The van der Waals surface area contributed by atoms with Gasteiger partial charge in [0.15, 0.2) is 0 Å². The van der Waals surface area contributed by atoms with E-state index in [-0.39, 0.29) is 12.0 Å². The van der Waals surface area contributed by atoms with Gasteiger partial charge in [-0.15, -0.1) is 0 Å². The van der Waals surface area contributed by atoms with Crippen LogP contribution in [0.2, 0.25) is 0 Å². The second-order valence-corrected chi connectivity index (χ2v) is 16.8. The number of anilines is 2. The van der Waals surface area contributed by atoms with Crippen LogP contribution in [0.25, 0.3) is 78.3 Å². The maximum atomic E-state index is 2.63. The third-order valence-electron chi connectivity index (χ3n) is 13.1. The van der Waals surface area contributed by atoms with E-state index in [0.717, 1.165) is 12.8 Å². The number of aromatic nitrogens is 1. The van der Waals surface area contributed by atoms with E-state index in [0.29, 0.717) is 0 Å². The molecule has 0 saturated heterocycles. The van der Waals surface area contributed by atoms with Crippen molar-refractivity contribution in [1.29, 1.82) is 0 Å². The number of benzene rings is 8. The number of fused-ring (bicyclic) bond motifs is 6. The van der Waals surface area contributed by atoms with Crippen molar-refractivity contribution in [2.75, 3.05) is 4.90 Å². The lowest BCUT2D eigenvalue weighted by atomic mass is 9.90. The first kappa shape index (κ1) is 36.2. The van der Waals surface area contributed by atoms with Crippen LogP contribution in [0.4, 0.5) is 11.4 Å². The number of aryl methyl sites for hydroxylation is 1. The first-order valence-electron chi connectivity index (χ1n) is 21.9. The number of allylic oxidation sites excluding steroid dienone is 3. The van der Waals surface area contributed by atoms with Crippen LogP contribution < -0.4 is 4.90 Å². The molecule has 294 valence electrons. The molecule has 3 aliphatic rings. The van der Waals surface area contributed by atoms with Crippen molar-refractivity contribution < 1.29 is 0 Å². The zero-order valence-corrected chi connectivity index (χ0v) is 34.4. The Kier molecular flexibility index (Phi) is 8.81. The van der Waals surface area contributed by atoms with Crippen molar-refractivity contribution in [2.45, 2.75) is 24.8 Å². The summed E-state index contributed by atoms with van der Waals surface area (Å²) >= 11 is 0. The molecule has 0 amide bonds. The summed E-state index contributed by atoms with van der Waals surface area (Å²) in [6, 6.07) is 71.8. The maximum Gasteiger partial charge on any atom is 0.0629 e. The molecule has 2 aliphatic carbocycles. The zero-order valence-electron chi connectivity index (χ0n) is 34.4. The SMILES string of the molecule is C1=CC2c3cccc(-c4ccc5c(c4)c4c(n5-c5cc(-c6ccccc6)cc(-c6ccccc6)c5)C=CCC4)c3N(c3cc(-c4ccccc4)cc(-c4ccccc4)c3)C2C=C1. The van der Waals surface area contributed by atoms with E-state index in [1.165, 1.54) is 100 Å². The highest BCUT2D eigenvalue weighted by molar-refractivity contribution is 5.98. The molecule has 2 unspecified atom stereocenters. The van der Waals surface area contributed by atoms with Gasteiger partial charge in [-0.1, -0.05) is 176 Å². The molecule has 2 atom stereocenters. The van der Waals surface area contributed by atoms with Crippen molar-refractivity contribution in [2.24, 2.45) is 0 Å². The predicted octanol–water partition coefficient (Wildman–Crippen LogP) is 15.7. The van der Waals surface area contributed by atoms with E-state index in [4.69, 9.17) is 0 Å². The molecular weight excluding hydrogens is 749 g/mol. The molecule has 0 N–H and O–H groups in total. The number of rotatable bonds is 7. The highest BCUT2D eigenvalue weighted by Crippen LogP contribution is 2.53. The van der Waals surface area contributed by atoms with Gasteiger partial charge in [0, 0.05) is 33.9 Å². The number of para-hydroxylation sites is 1. The quantitative estimate of drug-likeness (QED) is 0.156. The molecule has 2 heteroatoms. The van der Waals surface area contributed by atoms with Gasteiger partial charge in [-0.05, 0) is 129 Å². The molecule has 1 aliphatic heterocycles. The smallest absolute Gasteiger partial charge is 0.0629 e. The fourth-order valence-electron chi connectivity index (χ4n) is 10.3. The monoisotopic (exact) mass is 792 g/mol. The van der Waals surface area contributed by atoms with Crippen molar-refractivity contribution in [3.8, 4) is 61.3 Å². The Bertz CT molecular complexity index is 3110. The highest BCUT2D eigenvalue weighted by atomic mass is 15.2. The largest absolute Gasteiger partial charge is 0.333 e. The van der Waals surface area contributed by atoms with Crippen LogP contribution in [0.5, 0.6) is 0 Å². The molecule has 2 nitrogen and oxygen atoms in total. The van der Waals surface area contributed by atoms with Gasteiger partial charge in [0.1, 0.15) is 0 Å². The van der Waals surface area contributed by atoms with Gasteiger partial charge >= 0.3 is 0 Å². The number of hydrogen-bond acceptors (Lipinski definition) is 1. The van der Waals surface area contributed by atoms with Gasteiger partial charge in [-0.3, -0.25) is 0 Å². The van der Waals surface area contributed by atoms with Gasteiger partial charge in [-0.25, -0.2) is 0 Å². The van der Waals surface area contributed by atoms with Crippen LogP contribution in [0.15, 0.2) is 225 Å². The average molecular weight is 793 g/mol. The fraction of sp³-hybridized carbons (Fsp3) is 0.0667. The summed E-state index contributed by atoms with van der Waals surface area (Å²) < 4.78 is 2.51. The maximum absolute atomic E-state index is 2.63. The Labute approximate surface area is 363 Å². The van der Waals surface area contributed by atoms with Gasteiger partial charge in [-0.2, -0.15) is 0 Å². The Hall–Kier alpha value is -7.68. The minimum Gasteiger partial charge on any atom is -0.333 e. The van der Waals surface area contributed by atoms with Gasteiger partial charge in [0.25, 0.3) is 0 Å². The predicted molar refractivity (Wildman–Crippen MR) is 261 cm³/mol. The molecular formula is C60H44N2. The second-order valence-electron chi connectivity index (χ2n) is 16.8. The van der Waals surface area contributed by atoms with Crippen LogP contribution in [0.1, 0.15) is 29.2 Å². The highest BCUT2D eigenvalue weighted by Gasteiger charge is 2.39. The standard InChI is InChI=1S/C60H44N2/c1-5-18-41(19-6-1)46-34-47(42-20-7-2-8-21-42)37-50(36-46)61-57-30-15-14-27-54(57)56-40-45(32-33-59(56)61)52-28-17-29-55-53-26-13-16-31-58(53)62(60(52)55)51-38-48(43-22-9-3-10-23-43)35-49(39-51)44-24-11-4-12-25-44/h1-13,15-26,28-40,53,58H,14,27H2. The summed E-state index contributed by atoms with van der Waals surface area (Å²) in [4.78, 5) is 2.63. The minimum atomic E-state index is 0.157. The summed E-state index contributed by atoms with van der Waals surface area (Å²) in [5.74, 6) is 0.244. The van der Waals surface area contributed by atoms with E-state index >= 15 is 0 Å².